The highest BCUT2D eigenvalue weighted by molar-refractivity contribution is 5.18. The molecular formula is C11H20N4. The third-order valence-corrected chi connectivity index (χ3v) is 3.04. The molecule has 0 fully saturated rings. The Morgan fingerprint density at radius 2 is 2.13 bits per heavy atom. The Labute approximate surface area is 91.5 Å². The fraction of sp³-hybridized carbons (Fsp3) is 0.545. The van der Waals surface area contributed by atoms with Crippen LogP contribution in [0.4, 0.5) is 0 Å². The van der Waals surface area contributed by atoms with Crippen molar-refractivity contribution < 1.29 is 0 Å². The summed E-state index contributed by atoms with van der Waals surface area (Å²) < 4.78 is 0. The lowest BCUT2D eigenvalue weighted by atomic mass is 9.89. The van der Waals surface area contributed by atoms with E-state index in [1.807, 2.05) is 32.4 Å². The quantitative estimate of drug-likeness (QED) is 0.571. The van der Waals surface area contributed by atoms with E-state index in [0.717, 1.165) is 5.56 Å². The average Bonchev–Trinajstić information content (AvgIpc) is 2.19. The highest BCUT2D eigenvalue weighted by Crippen LogP contribution is 2.27. The maximum absolute atomic E-state index is 5.62. The molecule has 3 N–H and O–H groups in total. The largest absolute Gasteiger partial charge is 0.302 e. The molecule has 0 aliphatic carbocycles. The number of nitrogens with two attached hydrogens (primary N) is 1. The van der Waals surface area contributed by atoms with Gasteiger partial charge in [-0.1, -0.05) is 6.07 Å². The van der Waals surface area contributed by atoms with Crippen LogP contribution in [-0.4, -0.2) is 29.5 Å². The topological polar surface area (TPSA) is 54.2 Å². The highest BCUT2D eigenvalue weighted by atomic mass is 15.3. The number of rotatable bonds is 4. The van der Waals surface area contributed by atoms with Crippen LogP contribution in [0.5, 0.6) is 0 Å². The monoisotopic (exact) mass is 208 g/mol. The molecule has 0 aromatic carbocycles. The number of pyridine rings is 1. The van der Waals surface area contributed by atoms with E-state index in [2.05, 4.69) is 29.2 Å². The van der Waals surface area contributed by atoms with Crippen molar-refractivity contribution in [3.63, 3.8) is 0 Å². The lowest BCUT2D eigenvalue weighted by molar-refractivity contribution is 0.138. The standard InChI is InChI=1S/C11H20N4/c1-11(2,15(3)4)10(14-12)9-6-5-7-13-8-9/h5-8,10,14H,12H2,1-4H3. The summed E-state index contributed by atoms with van der Waals surface area (Å²) in [6.07, 6.45) is 3.61. The van der Waals surface area contributed by atoms with E-state index < -0.39 is 0 Å². The molecule has 1 aromatic heterocycles. The van der Waals surface area contributed by atoms with E-state index in [4.69, 9.17) is 5.84 Å². The minimum atomic E-state index is -0.0716. The smallest absolute Gasteiger partial charge is 0.0653 e. The molecule has 0 spiro atoms. The average molecular weight is 208 g/mol. The van der Waals surface area contributed by atoms with Gasteiger partial charge >= 0.3 is 0 Å². The predicted molar refractivity (Wildman–Crippen MR) is 62.1 cm³/mol. The molecule has 1 unspecified atom stereocenters. The summed E-state index contributed by atoms with van der Waals surface area (Å²) >= 11 is 0. The van der Waals surface area contributed by atoms with Crippen LogP contribution in [0.2, 0.25) is 0 Å². The van der Waals surface area contributed by atoms with E-state index >= 15 is 0 Å². The van der Waals surface area contributed by atoms with Crippen LogP contribution in [0.1, 0.15) is 25.5 Å². The van der Waals surface area contributed by atoms with Gasteiger partial charge < -0.3 is 4.90 Å². The first-order chi connectivity index (χ1) is 7.00. The van der Waals surface area contributed by atoms with Gasteiger partial charge in [0.1, 0.15) is 0 Å². The number of nitrogens with one attached hydrogen (secondary N) is 1. The van der Waals surface area contributed by atoms with Crippen LogP contribution in [0.3, 0.4) is 0 Å². The van der Waals surface area contributed by atoms with Crippen molar-refractivity contribution in [2.45, 2.75) is 25.4 Å². The fourth-order valence-electron chi connectivity index (χ4n) is 1.51. The van der Waals surface area contributed by atoms with Gasteiger partial charge in [0.05, 0.1) is 6.04 Å². The molecule has 1 rings (SSSR count). The molecule has 15 heavy (non-hydrogen) atoms. The molecule has 0 saturated heterocycles. The third-order valence-electron chi connectivity index (χ3n) is 3.04. The lowest BCUT2D eigenvalue weighted by Crippen LogP contribution is -2.51. The number of likely N-dealkylation sites (N-methyl/N-ethyl adjacent to an activating group) is 1. The van der Waals surface area contributed by atoms with Crippen LogP contribution in [0, 0.1) is 0 Å². The highest BCUT2D eigenvalue weighted by Gasteiger charge is 2.32. The molecule has 0 amide bonds. The molecule has 1 atom stereocenters. The number of aromatic nitrogens is 1. The van der Waals surface area contributed by atoms with Gasteiger partial charge in [-0.3, -0.25) is 16.3 Å². The van der Waals surface area contributed by atoms with Gasteiger partial charge in [0.25, 0.3) is 0 Å². The zero-order valence-corrected chi connectivity index (χ0v) is 9.86. The molecule has 0 aliphatic rings. The van der Waals surface area contributed by atoms with Crippen molar-refractivity contribution >= 4 is 0 Å². The van der Waals surface area contributed by atoms with Crippen molar-refractivity contribution in [3.8, 4) is 0 Å². The predicted octanol–water partition coefficient (Wildman–Crippen LogP) is 0.926. The number of nitrogens with zero attached hydrogens (tertiary/aromatic N) is 2. The van der Waals surface area contributed by atoms with Crippen LogP contribution >= 0.6 is 0 Å². The number of hydrogen-bond donors (Lipinski definition) is 2. The van der Waals surface area contributed by atoms with E-state index in [1.165, 1.54) is 0 Å². The minimum absolute atomic E-state index is 0.0567. The molecule has 0 radical (unpaired) electrons. The first-order valence-electron chi connectivity index (χ1n) is 5.03. The van der Waals surface area contributed by atoms with E-state index in [1.54, 1.807) is 6.20 Å². The summed E-state index contributed by atoms with van der Waals surface area (Å²) in [5.41, 5.74) is 3.88. The maximum atomic E-state index is 5.62. The summed E-state index contributed by atoms with van der Waals surface area (Å²) in [6, 6.07) is 4.01. The van der Waals surface area contributed by atoms with Crippen LogP contribution in [0.15, 0.2) is 24.5 Å². The van der Waals surface area contributed by atoms with Gasteiger partial charge in [0.2, 0.25) is 0 Å². The molecule has 4 nitrogen and oxygen atoms in total. The molecule has 0 saturated carbocycles. The van der Waals surface area contributed by atoms with Gasteiger partial charge in [0, 0.05) is 17.9 Å². The van der Waals surface area contributed by atoms with Crippen molar-refractivity contribution in [2.24, 2.45) is 5.84 Å². The Kier molecular flexibility index (Phi) is 3.79. The van der Waals surface area contributed by atoms with Crippen LogP contribution in [-0.2, 0) is 0 Å². The second kappa shape index (κ2) is 4.70. The van der Waals surface area contributed by atoms with Gasteiger partial charge in [-0.05, 0) is 39.6 Å². The minimum Gasteiger partial charge on any atom is -0.302 e. The molecule has 0 bridgehead atoms. The SMILES string of the molecule is CN(C)C(C)(C)C(NN)c1cccnc1. The Bertz CT molecular complexity index is 295. The molecule has 4 heteroatoms. The number of hydrazine groups is 1. The van der Waals surface area contributed by atoms with Gasteiger partial charge in [-0.15, -0.1) is 0 Å². The third kappa shape index (κ3) is 2.53. The van der Waals surface area contributed by atoms with E-state index in [-0.39, 0.29) is 11.6 Å². The maximum Gasteiger partial charge on any atom is 0.0653 e. The van der Waals surface area contributed by atoms with Crippen LogP contribution < -0.4 is 11.3 Å². The first-order valence-corrected chi connectivity index (χ1v) is 5.03. The normalized spacial score (nSPS) is 14.3. The summed E-state index contributed by atoms with van der Waals surface area (Å²) in [4.78, 5) is 6.26. The first kappa shape index (κ1) is 12.1. The van der Waals surface area contributed by atoms with Gasteiger partial charge in [-0.2, -0.15) is 0 Å². The Balaban J connectivity index is 2.99. The molecule has 1 aromatic rings. The van der Waals surface area contributed by atoms with Crippen molar-refractivity contribution in [3.05, 3.63) is 30.1 Å². The summed E-state index contributed by atoms with van der Waals surface area (Å²) in [5.74, 6) is 5.62. The zero-order chi connectivity index (χ0) is 11.5. The zero-order valence-electron chi connectivity index (χ0n) is 9.86. The second-order valence-electron chi connectivity index (χ2n) is 4.43. The lowest BCUT2D eigenvalue weighted by Gasteiger charge is -2.39. The summed E-state index contributed by atoms with van der Waals surface area (Å²) in [5, 5.41) is 0. The molecule has 0 aliphatic heterocycles. The fourth-order valence-corrected chi connectivity index (χ4v) is 1.51. The Hall–Kier alpha value is -0.970. The second-order valence-corrected chi connectivity index (χ2v) is 4.43. The summed E-state index contributed by atoms with van der Waals surface area (Å²) in [7, 11) is 4.08. The Morgan fingerprint density at radius 1 is 1.47 bits per heavy atom. The molecule has 1 heterocycles. The summed E-state index contributed by atoms with van der Waals surface area (Å²) in [6.45, 7) is 4.29. The van der Waals surface area contributed by atoms with E-state index in [9.17, 15) is 0 Å². The van der Waals surface area contributed by atoms with Crippen molar-refractivity contribution in [1.29, 1.82) is 0 Å². The van der Waals surface area contributed by atoms with Crippen molar-refractivity contribution in [2.75, 3.05) is 14.1 Å². The molecule has 84 valence electrons. The van der Waals surface area contributed by atoms with Gasteiger partial charge in [0.15, 0.2) is 0 Å². The van der Waals surface area contributed by atoms with E-state index in [0.29, 0.717) is 0 Å². The van der Waals surface area contributed by atoms with Gasteiger partial charge in [-0.25, -0.2) is 0 Å². The Morgan fingerprint density at radius 3 is 2.53 bits per heavy atom. The van der Waals surface area contributed by atoms with Crippen LogP contribution in [0.25, 0.3) is 0 Å². The molecular weight excluding hydrogens is 188 g/mol. The number of hydrogen-bond acceptors (Lipinski definition) is 4. The van der Waals surface area contributed by atoms with Crippen molar-refractivity contribution in [1.82, 2.24) is 15.3 Å².